The zero-order chi connectivity index (χ0) is 14.1. The van der Waals surface area contributed by atoms with E-state index in [1.54, 1.807) is 6.20 Å². The van der Waals surface area contributed by atoms with Crippen molar-refractivity contribution < 1.29 is 9.53 Å². The Hall–Kier alpha value is -1.14. The molecule has 2 atom stereocenters. The van der Waals surface area contributed by atoms with Gasteiger partial charge in [-0.15, -0.1) is 0 Å². The predicted octanol–water partition coefficient (Wildman–Crippen LogP) is 1.87. The van der Waals surface area contributed by atoms with Gasteiger partial charge in [0.05, 0.1) is 18.3 Å². The van der Waals surface area contributed by atoms with Gasteiger partial charge in [-0.05, 0) is 25.5 Å². The Morgan fingerprint density at radius 3 is 3.20 bits per heavy atom. The molecule has 0 bridgehead atoms. The fourth-order valence-electron chi connectivity index (χ4n) is 2.90. The van der Waals surface area contributed by atoms with Gasteiger partial charge in [-0.2, -0.15) is 0 Å². The van der Waals surface area contributed by atoms with Crippen molar-refractivity contribution in [3.05, 3.63) is 24.0 Å². The molecule has 2 aliphatic heterocycles. The molecule has 6 heteroatoms. The molecule has 1 amide bonds. The lowest BCUT2D eigenvalue weighted by Crippen LogP contribution is -2.46. The second-order valence-electron chi connectivity index (χ2n) is 5.07. The highest BCUT2D eigenvalue weighted by Crippen LogP contribution is 2.32. The molecule has 1 aromatic rings. The van der Waals surface area contributed by atoms with Crippen LogP contribution in [0.2, 0.25) is 0 Å². The predicted molar refractivity (Wildman–Crippen MR) is 80.2 cm³/mol. The SMILES string of the molecule is CCN1CC2CCOCC(Br)N2c2cccnc2C1=O. The lowest BCUT2D eigenvalue weighted by atomic mass is 10.1. The van der Waals surface area contributed by atoms with Crippen LogP contribution in [0.1, 0.15) is 23.8 Å². The first-order valence-corrected chi connectivity index (χ1v) is 7.88. The molecule has 2 aliphatic rings. The molecule has 0 aliphatic carbocycles. The highest BCUT2D eigenvalue weighted by Gasteiger charge is 2.36. The van der Waals surface area contributed by atoms with Gasteiger partial charge < -0.3 is 14.5 Å². The first kappa shape index (κ1) is 13.8. The number of carbonyl (C=O) groups is 1. The van der Waals surface area contributed by atoms with Crippen molar-refractivity contribution in [2.75, 3.05) is 31.2 Å². The van der Waals surface area contributed by atoms with E-state index in [0.29, 0.717) is 18.8 Å². The molecule has 5 nitrogen and oxygen atoms in total. The summed E-state index contributed by atoms with van der Waals surface area (Å²) < 4.78 is 5.64. The zero-order valence-corrected chi connectivity index (χ0v) is 13.0. The average molecular weight is 340 g/mol. The van der Waals surface area contributed by atoms with Crippen LogP contribution < -0.4 is 4.90 Å². The van der Waals surface area contributed by atoms with Gasteiger partial charge in [0, 0.05) is 25.9 Å². The van der Waals surface area contributed by atoms with Crippen molar-refractivity contribution in [2.45, 2.75) is 24.3 Å². The van der Waals surface area contributed by atoms with Crippen molar-refractivity contribution >= 4 is 27.5 Å². The van der Waals surface area contributed by atoms with Crippen molar-refractivity contribution in [3.8, 4) is 0 Å². The molecule has 108 valence electrons. The summed E-state index contributed by atoms with van der Waals surface area (Å²) in [6, 6.07) is 4.12. The van der Waals surface area contributed by atoms with Crippen molar-refractivity contribution in [2.24, 2.45) is 0 Å². The largest absolute Gasteiger partial charge is 0.378 e. The van der Waals surface area contributed by atoms with Gasteiger partial charge in [-0.1, -0.05) is 15.9 Å². The van der Waals surface area contributed by atoms with E-state index >= 15 is 0 Å². The fraction of sp³-hybridized carbons (Fsp3) is 0.571. The average Bonchev–Trinajstić information content (AvgIpc) is 2.71. The van der Waals surface area contributed by atoms with Gasteiger partial charge in [-0.25, -0.2) is 4.98 Å². The quantitative estimate of drug-likeness (QED) is 0.578. The minimum absolute atomic E-state index is 0.0248. The summed E-state index contributed by atoms with van der Waals surface area (Å²) in [5.74, 6) is 0.0248. The minimum Gasteiger partial charge on any atom is -0.378 e. The number of aromatic nitrogens is 1. The van der Waals surface area contributed by atoms with Gasteiger partial charge >= 0.3 is 0 Å². The molecular formula is C14H18BrN3O2. The number of anilines is 1. The Kier molecular flexibility index (Phi) is 3.94. The van der Waals surface area contributed by atoms with E-state index in [2.05, 4.69) is 25.8 Å². The second kappa shape index (κ2) is 5.69. The van der Waals surface area contributed by atoms with Crippen LogP contribution in [0.5, 0.6) is 0 Å². The van der Waals surface area contributed by atoms with Crippen LogP contribution in [-0.4, -0.2) is 53.1 Å². The summed E-state index contributed by atoms with van der Waals surface area (Å²) in [5, 5.41) is 0. The molecule has 1 fully saturated rings. The van der Waals surface area contributed by atoms with E-state index in [1.807, 2.05) is 24.0 Å². The van der Waals surface area contributed by atoms with E-state index in [1.165, 1.54) is 0 Å². The van der Waals surface area contributed by atoms with Crippen LogP contribution in [0.15, 0.2) is 18.3 Å². The Balaban J connectivity index is 2.10. The van der Waals surface area contributed by atoms with Crippen LogP contribution in [0.3, 0.4) is 0 Å². The Labute approximate surface area is 127 Å². The molecule has 2 unspecified atom stereocenters. The van der Waals surface area contributed by atoms with Crippen LogP contribution in [-0.2, 0) is 4.74 Å². The Morgan fingerprint density at radius 1 is 1.55 bits per heavy atom. The summed E-state index contributed by atoms with van der Waals surface area (Å²) in [5.41, 5.74) is 1.45. The number of amides is 1. The third kappa shape index (κ3) is 2.31. The highest BCUT2D eigenvalue weighted by atomic mass is 79.9. The van der Waals surface area contributed by atoms with E-state index in [0.717, 1.165) is 25.3 Å². The summed E-state index contributed by atoms with van der Waals surface area (Å²) >= 11 is 3.69. The summed E-state index contributed by atoms with van der Waals surface area (Å²) in [6.45, 7) is 4.77. The van der Waals surface area contributed by atoms with Crippen molar-refractivity contribution in [3.63, 3.8) is 0 Å². The lowest BCUT2D eigenvalue weighted by molar-refractivity contribution is 0.0752. The van der Waals surface area contributed by atoms with Crippen LogP contribution in [0, 0.1) is 0 Å². The topological polar surface area (TPSA) is 45.7 Å². The van der Waals surface area contributed by atoms with Gasteiger partial charge in [0.15, 0.2) is 5.69 Å². The molecule has 0 radical (unpaired) electrons. The maximum Gasteiger partial charge on any atom is 0.274 e. The van der Waals surface area contributed by atoms with E-state index in [9.17, 15) is 4.79 Å². The molecule has 0 aromatic carbocycles. The zero-order valence-electron chi connectivity index (χ0n) is 11.5. The number of alkyl halides is 1. The normalized spacial score (nSPS) is 26.6. The summed E-state index contributed by atoms with van der Waals surface area (Å²) in [6.07, 6.45) is 2.60. The lowest BCUT2D eigenvalue weighted by Gasteiger charge is -2.34. The fourth-order valence-corrected chi connectivity index (χ4v) is 3.65. The Bertz CT molecular complexity index is 511. The number of ether oxygens (including phenoxy) is 1. The van der Waals surface area contributed by atoms with E-state index in [-0.39, 0.29) is 16.9 Å². The molecule has 0 N–H and O–H groups in total. The van der Waals surface area contributed by atoms with Gasteiger partial charge in [0.1, 0.15) is 4.95 Å². The molecule has 0 saturated carbocycles. The smallest absolute Gasteiger partial charge is 0.274 e. The highest BCUT2D eigenvalue weighted by molar-refractivity contribution is 9.09. The molecule has 3 rings (SSSR count). The monoisotopic (exact) mass is 339 g/mol. The van der Waals surface area contributed by atoms with Crippen molar-refractivity contribution in [1.82, 2.24) is 9.88 Å². The van der Waals surface area contributed by atoms with E-state index in [4.69, 9.17) is 4.74 Å². The third-order valence-corrected chi connectivity index (χ3v) is 4.62. The molecule has 3 heterocycles. The summed E-state index contributed by atoms with van der Waals surface area (Å²) in [7, 11) is 0. The molecule has 0 spiro atoms. The number of likely N-dealkylation sites (N-methyl/N-ethyl adjacent to an activating group) is 1. The standard InChI is InChI=1S/C14H18BrN3O2/c1-2-17-8-10-5-7-20-9-12(15)18(10)11-4-3-6-16-13(11)14(17)19/h3-4,6,10,12H,2,5,7-9H2,1H3. The maximum atomic E-state index is 12.6. The number of carbonyl (C=O) groups excluding carboxylic acids is 1. The van der Waals surface area contributed by atoms with Crippen molar-refractivity contribution in [1.29, 1.82) is 0 Å². The number of rotatable bonds is 1. The summed E-state index contributed by atoms with van der Waals surface area (Å²) in [4.78, 5) is 21.1. The van der Waals surface area contributed by atoms with Crippen LogP contribution in [0.25, 0.3) is 0 Å². The number of nitrogens with zero attached hydrogens (tertiary/aromatic N) is 3. The first-order chi connectivity index (χ1) is 9.72. The number of hydrogen-bond acceptors (Lipinski definition) is 4. The minimum atomic E-state index is 0.0248. The van der Waals surface area contributed by atoms with Crippen LogP contribution in [0.4, 0.5) is 5.69 Å². The van der Waals surface area contributed by atoms with Crippen LogP contribution >= 0.6 is 15.9 Å². The van der Waals surface area contributed by atoms with Gasteiger partial charge in [-0.3, -0.25) is 4.79 Å². The molecule has 1 aromatic heterocycles. The second-order valence-corrected chi connectivity index (χ2v) is 6.13. The van der Waals surface area contributed by atoms with Gasteiger partial charge in [0.25, 0.3) is 5.91 Å². The molecule has 1 saturated heterocycles. The number of pyridine rings is 1. The number of halogens is 1. The maximum absolute atomic E-state index is 12.6. The molecule has 20 heavy (non-hydrogen) atoms. The number of fused-ring (bicyclic) bond motifs is 3. The first-order valence-electron chi connectivity index (χ1n) is 6.96. The number of hydrogen-bond donors (Lipinski definition) is 0. The van der Waals surface area contributed by atoms with E-state index < -0.39 is 0 Å². The third-order valence-electron chi connectivity index (χ3n) is 3.91. The molecular weight excluding hydrogens is 322 g/mol. The van der Waals surface area contributed by atoms with Gasteiger partial charge in [0.2, 0.25) is 0 Å². The Morgan fingerprint density at radius 2 is 2.40 bits per heavy atom.